The van der Waals surface area contributed by atoms with Crippen molar-refractivity contribution in [3.63, 3.8) is 0 Å². The van der Waals surface area contributed by atoms with Crippen molar-refractivity contribution in [2.45, 2.75) is 12.6 Å². The van der Waals surface area contributed by atoms with E-state index in [1.807, 2.05) is 0 Å². The van der Waals surface area contributed by atoms with Gasteiger partial charge in [-0.2, -0.15) is 13.2 Å². The molecule has 3 rings (SSSR count). The van der Waals surface area contributed by atoms with E-state index < -0.39 is 48.0 Å². The summed E-state index contributed by atoms with van der Waals surface area (Å²) in [6.07, 6.45) is -4.80. The van der Waals surface area contributed by atoms with E-state index in [-0.39, 0.29) is 18.7 Å². The minimum absolute atomic E-state index is 0.108. The van der Waals surface area contributed by atoms with E-state index in [0.29, 0.717) is 5.56 Å². The van der Waals surface area contributed by atoms with Gasteiger partial charge in [-0.15, -0.1) is 0 Å². The summed E-state index contributed by atoms with van der Waals surface area (Å²) in [6, 6.07) is 10.4. The minimum atomic E-state index is -4.57. The number of rotatable bonds is 6. The Labute approximate surface area is 194 Å². The molecule has 0 aliphatic carbocycles. The Morgan fingerprint density at radius 3 is 2.48 bits per heavy atom. The zero-order valence-corrected chi connectivity index (χ0v) is 18.4. The lowest BCUT2D eigenvalue weighted by Crippen LogP contribution is -2.43. The first kappa shape index (κ1) is 24.2. The largest absolute Gasteiger partial charge is 0.455 e. The number of nitrogens with one attached hydrogen (secondary N) is 2. The Balaban J connectivity index is 1.49. The molecule has 0 bridgehead atoms. The molecule has 0 aromatic heterocycles. The van der Waals surface area contributed by atoms with Crippen LogP contribution in [0.15, 0.2) is 53.0 Å². The highest BCUT2D eigenvalue weighted by Crippen LogP contribution is 2.30. The number of hydrogen-bond acceptors (Lipinski definition) is 5. The van der Waals surface area contributed by atoms with Gasteiger partial charge < -0.3 is 10.1 Å². The minimum Gasteiger partial charge on any atom is -0.455 e. The first-order chi connectivity index (χ1) is 15.5. The van der Waals surface area contributed by atoms with Crippen LogP contribution in [-0.4, -0.2) is 41.9 Å². The number of ether oxygens (including phenoxy) is 1. The second kappa shape index (κ2) is 10.0. The molecule has 1 heterocycles. The van der Waals surface area contributed by atoms with Gasteiger partial charge in [0.05, 0.1) is 18.0 Å². The number of anilines is 1. The SMILES string of the molecule is O=C(COC(=O)[C@H]1CC(=O)N(NC(=O)c2ccc(Br)cc2)C1)Nc1cccc(C(F)(F)F)c1. The Morgan fingerprint density at radius 2 is 1.82 bits per heavy atom. The van der Waals surface area contributed by atoms with Gasteiger partial charge in [0.25, 0.3) is 11.8 Å². The van der Waals surface area contributed by atoms with E-state index in [1.54, 1.807) is 24.3 Å². The predicted molar refractivity (Wildman–Crippen MR) is 112 cm³/mol. The number of amides is 3. The molecule has 3 amide bonds. The van der Waals surface area contributed by atoms with E-state index >= 15 is 0 Å². The summed E-state index contributed by atoms with van der Waals surface area (Å²) in [5, 5.41) is 3.21. The van der Waals surface area contributed by atoms with Crippen LogP contribution in [0.4, 0.5) is 18.9 Å². The van der Waals surface area contributed by atoms with Crippen molar-refractivity contribution in [3.05, 3.63) is 64.1 Å². The highest BCUT2D eigenvalue weighted by Gasteiger charge is 2.37. The molecule has 0 spiro atoms. The highest BCUT2D eigenvalue weighted by molar-refractivity contribution is 9.10. The lowest BCUT2D eigenvalue weighted by Gasteiger charge is -2.17. The standard InChI is InChI=1S/C21H17BrF3N3O5/c22-15-6-4-12(5-7-15)19(31)27-28-10-13(8-18(28)30)20(32)33-11-17(29)26-16-3-1-2-14(9-16)21(23,24)25/h1-7,9,13H,8,10-11H2,(H,26,29)(H,27,31)/t13-/m0/s1. The van der Waals surface area contributed by atoms with Gasteiger partial charge in [-0.05, 0) is 42.5 Å². The van der Waals surface area contributed by atoms with Crippen molar-refractivity contribution in [1.82, 2.24) is 10.4 Å². The molecule has 0 unspecified atom stereocenters. The maximum Gasteiger partial charge on any atom is 0.416 e. The summed E-state index contributed by atoms with van der Waals surface area (Å²) >= 11 is 3.25. The van der Waals surface area contributed by atoms with Gasteiger partial charge in [-0.3, -0.25) is 29.6 Å². The average molecular weight is 528 g/mol. The number of carbonyl (C=O) groups excluding carboxylic acids is 4. The summed E-state index contributed by atoms with van der Waals surface area (Å²) in [7, 11) is 0. The van der Waals surface area contributed by atoms with Gasteiger partial charge in [-0.1, -0.05) is 22.0 Å². The molecule has 33 heavy (non-hydrogen) atoms. The summed E-state index contributed by atoms with van der Waals surface area (Å²) in [6.45, 7) is -0.889. The van der Waals surface area contributed by atoms with Gasteiger partial charge in [0.15, 0.2) is 6.61 Å². The zero-order valence-electron chi connectivity index (χ0n) is 16.8. The summed E-state index contributed by atoms with van der Waals surface area (Å²) in [5.74, 6) is -3.64. The molecule has 1 saturated heterocycles. The normalized spacial score (nSPS) is 15.8. The van der Waals surface area contributed by atoms with Gasteiger partial charge >= 0.3 is 12.1 Å². The number of esters is 1. The Hall–Kier alpha value is -3.41. The lowest BCUT2D eigenvalue weighted by atomic mass is 10.1. The van der Waals surface area contributed by atoms with Crippen LogP contribution < -0.4 is 10.7 Å². The molecule has 2 N–H and O–H groups in total. The molecule has 2 aromatic carbocycles. The monoisotopic (exact) mass is 527 g/mol. The van der Waals surface area contributed by atoms with E-state index in [1.165, 1.54) is 6.07 Å². The van der Waals surface area contributed by atoms with Crippen LogP contribution in [0.2, 0.25) is 0 Å². The van der Waals surface area contributed by atoms with Gasteiger partial charge in [0, 0.05) is 22.1 Å². The van der Waals surface area contributed by atoms with Gasteiger partial charge in [-0.25, -0.2) is 0 Å². The summed E-state index contributed by atoms with van der Waals surface area (Å²) < 4.78 is 43.9. The van der Waals surface area contributed by atoms with Gasteiger partial charge in [0.2, 0.25) is 5.91 Å². The van der Waals surface area contributed by atoms with E-state index in [0.717, 1.165) is 27.7 Å². The Morgan fingerprint density at radius 1 is 1.12 bits per heavy atom. The van der Waals surface area contributed by atoms with Crippen LogP contribution in [0, 0.1) is 5.92 Å². The van der Waals surface area contributed by atoms with Gasteiger partial charge in [0.1, 0.15) is 0 Å². The van der Waals surface area contributed by atoms with Crippen molar-refractivity contribution in [3.8, 4) is 0 Å². The van der Waals surface area contributed by atoms with Crippen LogP contribution >= 0.6 is 15.9 Å². The number of alkyl halides is 3. The zero-order chi connectivity index (χ0) is 24.2. The number of benzene rings is 2. The second-order valence-corrected chi connectivity index (χ2v) is 8.00. The lowest BCUT2D eigenvalue weighted by molar-refractivity contribution is -0.151. The third-order valence-electron chi connectivity index (χ3n) is 4.62. The first-order valence-electron chi connectivity index (χ1n) is 9.53. The Kier molecular flexibility index (Phi) is 7.36. The van der Waals surface area contributed by atoms with Crippen LogP contribution in [0.1, 0.15) is 22.3 Å². The fraction of sp³-hybridized carbons (Fsp3) is 0.238. The van der Waals surface area contributed by atoms with E-state index in [4.69, 9.17) is 4.74 Å². The van der Waals surface area contributed by atoms with Crippen LogP contribution in [-0.2, 0) is 25.3 Å². The number of carbonyl (C=O) groups is 4. The van der Waals surface area contributed by atoms with Crippen molar-refractivity contribution >= 4 is 45.3 Å². The van der Waals surface area contributed by atoms with Crippen LogP contribution in [0.5, 0.6) is 0 Å². The molecule has 2 aromatic rings. The second-order valence-electron chi connectivity index (χ2n) is 7.09. The molecule has 174 valence electrons. The van der Waals surface area contributed by atoms with Crippen molar-refractivity contribution < 1.29 is 37.1 Å². The third-order valence-corrected chi connectivity index (χ3v) is 5.15. The smallest absolute Gasteiger partial charge is 0.416 e. The fourth-order valence-electron chi connectivity index (χ4n) is 2.99. The molecule has 8 nitrogen and oxygen atoms in total. The molecule has 1 atom stereocenters. The van der Waals surface area contributed by atoms with Crippen LogP contribution in [0.3, 0.4) is 0 Å². The predicted octanol–water partition coefficient (Wildman–Crippen LogP) is 3.14. The quantitative estimate of drug-likeness (QED) is 0.561. The molecule has 1 fully saturated rings. The summed E-state index contributed by atoms with van der Waals surface area (Å²) in [5.41, 5.74) is 1.68. The number of nitrogens with zero attached hydrogens (tertiary/aromatic N) is 1. The maximum absolute atomic E-state index is 12.7. The van der Waals surface area contributed by atoms with Crippen LogP contribution in [0.25, 0.3) is 0 Å². The number of hydrazine groups is 1. The maximum atomic E-state index is 12.7. The summed E-state index contributed by atoms with van der Waals surface area (Å²) in [4.78, 5) is 48.5. The molecule has 1 aliphatic rings. The van der Waals surface area contributed by atoms with Crippen molar-refractivity contribution in [1.29, 1.82) is 0 Å². The molecular weight excluding hydrogens is 511 g/mol. The van der Waals surface area contributed by atoms with Crippen molar-refractivity contribution in [2.75, 3.05) is 18.5 Å². The van der Waals surface area contributed by atoms with E-state index in [9.17, 15) is 32.3 Å². The number of hydrogen-bond donors (Lipinski definition) is 2. The molecule has 12 heteroatoms. The molecule has 0 saturated carbocycles. The van der Waals surface area contributed by atoms with E-state index in [2.05, 4.69) is 26.7 Å². The number of halogens is 4. The molecule has 0 radical (unpaired) electrons. The highest BCUT2D eigenvalue weighted by atomic mass is 79.9. The topological polar surface area (TPSA) is 105 Å². The first-order valence-corrected chi connectivity index (χ1v) is 10.3. The fourth-order valence-corrected chi connectivity index (χ4v) is 3.25. The average Bonchev–Trinajstić information content (AvgIpc) is 3.12. The molecular formula is C21H17BrF3N3O5. The third kappa shape index (κ3) is 6.54. The van der Waals surface area contributed by atoms with Crippen molar-refractivity contribution in [2.24, 2.45) is 5.92 Å². The Bertz CT molecular complexity index is 1080. The molecule has 1 aliphatic heterocycles.